The number of carbonyl (C=O) groups is 1. The molecular formula is C37H32ClF6N7O3S. The Balaban J connectivity index is 1.37. The van der Waals surface area contributed by atoms with Gasteiger partial charge < -0.3 is 10.4 Å². The minimum Gasteiger partial charge on any atom is -0.395 e. The summed E-state index contributed by atoms with van der Waals surface area (Å²) in [6, 6.07) is 8.26. The first-order valence-electron chi connectivity index (χ1n) is 17.0. The van der Waals surface area contributed by atoms with Crippen molar-refractivity contribution in [1.29, 1.82) is 0 Å². The minimum absolute atomic E-state index is 0.109. The van der Waals surface area contributed by atoms with Crippen LogP contribution >= 0.6 is 23.6 Å². The third-order valence-corrected chi connectivity index (χ3v) is 10.2. The topological polar surface area (TPSA) is 119 Å². The molecule has 0 spiro atoms. The molecule has 3 heterocycles. The second-order valence-corrected chi connectivity index (χ2v) is 14.3. The summed E-state index contributed by atoms with van der Waals surface area (Å²) >= 11 is 7.70. The van der Waals surface area contributed by atoms with Gasteiger partial charge in [-0.3, -0.25) is 14.2 Å². The van der Waals surface area contributed by atoms with Crippen LogP contribution in [0.4, 0.5) is 32.2 Å². The average molecular weight is 804 g/mol. The quantitative estimate of drug-likeness (QED) is 0.0512. The standard InChI is InChI=1S/C37H32ClF6N7O3S/c1-50-32-24(5-6-26(38)29(32)35(48-50)49-54-55-2)23-4-3-22(7-9-36(18-52)11-12-36)45-30(23)27(15-19-13-20(39)16-21(40)14-19)46-28(53)17-51-33-25(8-10-37(33,43)44)31(47-51)34(41)42/h3-6,13-14,16,27,34,52H,8,10-12,15,17-18H2,1-2H3,(H,46,53)(H,48,49)/t27-/m0/s1. The van der Waals surface area contributed by atoms with Gasteiger partial charge in [0.05, 0.1) is 39.7 Å². The van der Waals surface area contributed by atoms with Gasteiger partial charge in [-0.25, -0.2) is 32.3 Å². The number of aryl methyl sites for hydroxylation is 1. The Morgan fingerprint density at radius 3 is 2.47 bits per heavy atom. The highest BCUT2D eigenvalue weighted by Gasteiger charge is 2.46. The Morgan fingerprint density at radius 2 is 1.80 bits per heavy atom. The summed E-state index contributed by atoms with van der Waals surface area (Å²) in [6.07, 6.45) is -1.38. The van der Waals surface area contributed by atoms with Crippen LogP contribution in [-0.2, 0) is 41.4 Å². The molecule has 3 aromatic heterocycles. The van der Waals surface area contributed by atoms with Gasteiger partial charge in [0, 0.05) is 54.5 Å². The van der Waals surface area contributed by atoms with Gasteiger partial charge in [-0.15, -0.1) is 0 Å². The van der Waals surface area contributed by atoms with E-state index >= 15 is 0 Å². The number of halogens is 7. The van der Waals surface area contributed by atoms with E-state index < -0.39 is 65.7 Å². The van der Waals surface area contributed by atoms with Crippen LogP contribution in [0.2, 0.25) is 5.02 Å². The van der Waals surface area contributed by atoms with Crippen LogP contribution in [0.15, 0.2) is 42.5 Å². The van der Waals surface area contributed by atoms with E-state index in [1.165, 1.54) is 0 Å². The van der Waals surface area contributed by atoms with Crippen LogP contribution in [-0.4, -0.2) is 48.4 Å². The number of hydrogen-bond donors (Lipinski definition) is 3. The van der Waals surface area contributed by atoms with E-state index in [2.05, 4.69) is 32.8 Å². The molecule has 0 bridgehead atoms. The van der Waals surface area contributed by atoms with Crippen molar-refractivity contribution in [2.24, 2.45) is 12.5 Å². The number of alkyl halides is 4. The smallest absolute Gasteiger partial charge is 0.290 e. The molecule has 0 radical (unpaired) electrons. The monoisotopic (exact) mass is 803 g/mol. The van der Waals surface area contributed by atoms with Crippen molar-refractivity contribution < 1.29 is 40.5 Å². The highest BCUT2D eigenvalue weighted by molar-refractivity contribution is 7.93. The van der Waals surface area contributed by atoms with E-state index in [-0.39, 0.29) is 42.0 Å². The van der Waals surface area contributed by atoms with Gasteiger partial charge in [0.25, 0.3) is 12.3 Å². The Bertz CT molecular complexity index is 2350. The van der Waals surface area contributed by atoms with Gasteiger partial charge in [-0.1, -0.05) is 23.6 Å². The van der Waals surface area contributed by atoms with Crippen molar-refractivity contribution in [2.45, 2.75) is 57.0 Å². The molecule has 18 heteroatoms. The summed E-state index contributed by atoms with van der Waals surface area (Å²) in [6.45, 7) is -1.03. The van der Waals surface area contributed by atoms with Crippen LogP contribution in [0, 0.1) is 28.9 Å². The molecule has 5 aromatic rings. The highest BCUT2D eigenvalue weighted by Crippen LogP contribution is 2.46. The maximum Gasteiger partial charge on any atom is 0.290 e. The van der Waals surface area contributed by atoms with Gasteiger partial charge in [0.15, 0.2) is 5.82 Å². The van der Waals surface area contributed by atoms with Crippen molar-refractivity contribution >= 4 is 46.3 Å². The predicted molar refractivity (Wildman–Crippen MR) is 193 cm³/mol. The number of anilines is 1. The number of fused-ring (bicyclic) bond motifs is 2. The molecule has 2 aliphatic carbocycles. The summed E-state index contributed by atoms with van der Waals surface area (Å²) in [5.41, 5.74) is 2.22. The molecule has 1 atom stereocenters. The Kier molecular flexibility index (Phi) is 10.5. The lowest BCUT2D eigenvalue weighted by Gasteiger charge is -2.23. The Labute approximate surface area is 319 Å². The molecule has 10 nitrogen and oxygen atoms in total. The van der Waals surface area contributed by atoms with Gasteiger partial charge in [-0.05, 0) is 67.5 Å². The van der Waals surface area contributed by atoms with E-state index in [9.17, 15) is 36.2 Å². The van der Waals surface area contributed by atoms with Gasteiger partial charge >= 0.3 is 0 Å². The largest absolute Gasteiger partial charge is 0.395 e. The number of carbonyl (C=O) groups excluding carboxylic acids is 1. The van der Waals surface area contributed by atoms with Gasteiger partial charge in [0.2, 0.25) is 5.91 Å². The summed E-state index contributed by atoms with van der Waals surface area (Å²) in [5, 5.41) is 21.6. The van der Waals surface area contributed by atoms with E-state index in [0.29, 0.717) is 56.5 Å². The normalized spacial score (nSPS) is 15.8. The van der Waals surface area contributed by atoms with Crippen molar-refractivity contribution in [3.63, 3.8) is 0 Å². The number of amides is 1. The molecular weight excluding hydrogens is 772 g/mol. The number of rotatable bonds is 12. The average Bonchev–Trinajstić information content (AvgIpc) is 3.55. The van der Waals surface area contributed by atoms with Gasteiger partial charge in [-0.2, -0.15) is 19.0 Å². The first kappa shape index (κ1) is 38.5. The Hall–Kier alpha value is -4.76. The first-order valence-corrected chi connectivity index (χ1v) is 18.5. The summed E-state index contributed by atoms with van der Waals surface area (Å²) in [4.78, 5) is 18.7. The molecule has 1 fully saturated rings. The zero-order valence-electron chi connectivity index (χ0n) is 29.2. The molecule has 0 aliphatic heterocycles. The van der Waals surface area contributed by atoms with E-state index in [4.69, 9.17) is 20.9 Å². The number of aliphatic hydroxyl groups is 1. The van der Waals surface area contributed by atoms with E-state index in [1.54, 1.807) is 42.3 Å². The molecule has 7 rings (SSSR count). The summed E-state index contributed by atoms with van der Waals surface area (Å²) in [7, 11) is 1.67. The molecule has 2 aromatic carbocycles. The number of hydrogen-bond acceptors (Lipinski definition) is 8. The van der Waals surface area contributed by atoms with Crippen molar-refractivity contribution in [3.8, 4) is 23.0 Å². The van der Waals surface area contributed by atoms with Crippen LogP contribution in [0.5, 0.6) is 0 Å². The van der Waals surface area contributed by atoms with E-state index in [0.717, 1.165) is 24.2 Å². The summed E-state index contributed by atoms with van der Waals surface area (Å²) < 4.78 is 94.2. The minimum atomic E-state index is -3.50. The molecule has 55 heavy (non-hydrogen) atoms. The zero-order valence-corrected chi connectivity index (χ0v) is 30.8. The number of pyridine rings is 1. The molecule has 288 valence electrons. The predicted octanol–water partition coefficient (Wildman–Crippen LogP) is 7.58. The van der Waals surface area contributed by atoms with Gasteiger partial charge in [0.1, 0.15) is 35.3 Å². The second-order valence-electron chi connectivity index (χ2n) is 13.4. The third kappa shape index (κ3) is 7.73. The molecule has 1 amide bonds. The van der Waals surface area contributed by atoms with Crippen LogP contribution < -0.4 is 10.8 Å². The maximum atomic E-state index is 15.0. The number of aliphatic hydroxyl groups excluding tert-OH is 1. The molecule has 0 unspecified atom stereocenters. The van der Waals surface area contributed by atoms with Crippen molar-refractivity contribution in [3.05, 3.63) is 93.0 Å². The fourth-order valence-corrected chi connectivity index (χ4v) is 7.28. The van der Waals surface area contributed by atoms with Crippen LogP contribution in [0.1, 0.15) is 65.6 Å². The maximum absolute atomic E-state index is 15.0. The first-order chi connectivity index (χ1) is 26.2. The Morgan fingerprint density at radius 1 is 1.07 bits per heavy atom. The third-order valence-electron chi connectivity index (χ3n) is 9.63. The fraction of sp³-hybridized carbons (Fsp3) is 0.351. The lowest BCUT2D eigenvalue weighted by Crippen LogP contribution is -2.35. The van der Waals surface area contributed by atoms with Crippen LogP contribution in [0.25, 0.3) is 22.0 Å². The number of benzene rings is 2. The number of aromatic nitrogens is 5. The SMILES string of the molecule is CSONc1nn(C)c2c(-c3ccc(C#CC4(CO)CC4)nc3[C@H](Cc3cc(F)cc(F)c3)NC(=O)Cn3nc(C(F)F)c4c3C(F)(F)CC4)ccc(Cl)c12. The molecule has 3 N–H and O–H groups in total. The van der Waals surface area contributed by atoms with Crippen LogP contribution in [0.3, 0.4) is 0 Å². The highest BCUT2D eigenvalue weighted by atomic mass is 35.5. The zero-order chi connectivity index (χ0) is 39.2. The summed E-state index contributed by atoms with van der Waals surface area (Å²) in [5.74, 6) is 0.160. The second kappa shape index (κ2) is 15.1. The van der Waals surface area contributed by atoms with E-state index in [1.807, 2.05) is 0 Å². The van der Waals surface area contributed by atoms with Crippen molar-refractivity contribution in [1.82, 2.24) is 29.9 Å². The molecule has 1 saturated carbocycles. The fourth-order valence-electron chi connectivity index (χ4n) is 6.88. The lowest BCUT2D eigenvalue weighted by molar-refractivity contribution is -0.122. The molecule has 0 saturated heterocycles. The molecule has 2 aliphatic rings. The lowest BCUT2D eigenvalue weighted by atomic mass is 9.93. The number of nitrogens with zero attached hydrogens (tertiary/aromatic N) is 5. The number of nitrogens with one attached hydrogen (secondary N) is 2. The van der Waals surface area contributed by atoms with Crippen molar-refractivity contribution in [2.75, 3.05) is 18.3 Å².